The molecule has 0 amide bonds. The molecule has 0 bridgehead atoms. The maximum atomic E-state index is 5.42. The Morgan fingerprint density at radius 3 is 2.67 bits per heavy atom. The fourth-order valence-corrected chi connectivity index (χ4v) is 3.12. The minimum atomic E-state index is 1.01. The molecule has 132 valence electrons. The molecule has 0 aliphatic rings. The molecular formula is C21H33N2O+. The molecule has 0 fully saturated rings. The summed E-state index contributed by atoms with van der Waals surface area (Å²) in [4.78, 5) is 0. The number of ether oxygens (including phenoxy) is 1. The largest absolute Gasteiger partial charge is 0.496 e. The van der Waals surface area contributed by atoms with E-state index in [9.17, 15) is 0 Å². The van der Waals surface area contributed by atoms with E-state index in [-0.39, 0.29) is 0 Å². The Kier molecular flexibility index (Phi) is 8.43. The standard InChI is InChI=1S/C21H33N2O/c1-3-4-5-6-10-15-22-17-18-23(19-22)16-11-9-13-20-12-7-8-14-21(20)24-2/h7-8,12,14,17-19H,3-6,9-11,13,15-16H2,1-2H3/q+1. The van der Waals surface area contributed by atoms with Crippen LogP contribution in [0, 0.1) is 0 Å². The van der Waals surface area contributed by atoms with Gasteiger partial charge in [-0.3, -0.25) is 0 Å². The summed E-state index contributed by atoms with van der Waals surface area (Å²) >= 11 is 0. The molecule has 2 rings (SSSR count). The van der Waals surface area contributed by atoms with Crippen molar-refractivity contribution in [1.82, 2.24) is 4.57 Å². The molecule has 3 heteroatoms. The van der Waals surface area contributed by atoms with Crippen LogP contribution in [0.5, 0.6) is 5.75 Å². The monoisotopic (exact) mass is 329 g/mol. The summed E-state index contributed by atoms with van der Waals surface area (Å²) in [6.45, 7) is 4.51. The van der Waals surface area contributed by atoms with Crippen LogP contribution in [0.3, 0.4) is 0 Å². The Balaban J connectivity index is 1.64. The molecular weight excluding hydrogens is 296 g/mol. The van der Waals surface area contributed by atoms with E-state index in [4.69, 9.17) is 4.74 Å². The minimum Gasteiger partial charge on any atom is -0.496 e. The third-order valence-electron chi connectivity index (χ3n) is 4.57. The molecule has 1 heterocycles. The number of methoxy groups -OCH3 is 1. The Morgan fingerprint density at radius 2 is 1.83 bits per heavy atom. The van der Waals surface area contributed by atoms with E-state index in [1.54, 1.807) is 7.11 Å². The number of hydrogen-bond acceptors (Lipinski definition) is 1. The van der Waals surface area contributed by atoms with E-state index in [2.05, 4.69) is 46.9 Å². The number of benzene rings is 1. The first-order valence-corrected chi connectivity index (χ1v) is 9.50. The number of aromatic nitrogens is 2. The average molecular weight is 330 g/mol. The van der Waals surface area contributed by atoms with Crippen molar-refractivity contribution in [2.45, 2.75) is 71.4 Å². The number of aryl methyl sites for hydroxylation is 3. The van der Waals surface area contributed by atoms with Crippen LogP contribution < -0.4 is 9.30 Å². The third-order valence-corrected chi connectivity index (χ3v) is 4.57. The van der Waals surface area contributed by atoms with E-state index in [1.807, 2.05) is 12.1 Å². The van der Waals surface area contributed by atoms with Gasteiger partial charge in [0.05, 0.1) is 20.2 Å². The highest BCUT2D eigenvalue weighted by atomic mass is 16.5. The first kappa shape index (κ1) is 18.6. The predicted molar refractivity (Wildman–Crippen MR) is 99.3 cm³/mol. The van der Waals surface area contributed by atoms with Crippen LogP contribution >= 0.6 is 0 Å². The van der Waals surface area contributed by atoms with Gasteiger partial charge in [-0.1, -0.05) is 44.4 Å². The maximum absolute atomic E-state index is 5.42. The van der Waals surface area contributed by atoms with Crippen LogP contribution in [0.2, 0.25) is 0 Å². The van der Waals surface area contributed by atoms with Crippen molar-refractivity contribution < 1.29 is 9.30 Å². The van der Waals surface area contributed by atoms with Gasteiger partial charge in [-0.25, -0.2) is 9.13 Å². The lowest BCUT2D eigenvalue weighted by atomic mass is 10.1. The quantitative estimate of drug-likeness (QED) is 0.405. The van der Waals surface area contributed by atoms with Crippen LogP contribution in [0.1, 0.15) is 57.4 Å². The fourth-order valence-electron chi connectivity index (χ4n) is 3.12. The van der Waals surface area contributed by atoms with Crippen LogP contribution in [-0.2, 0) is 19.5 Å². The van der Waals surface area contributed by atoms with Gasteiger partial charge < -0.3 is 4.74 Å². The van der Waals surface area contributed by atoms with Gasteiger partial charge in [-0.05, 0) is 43.7 Å². The second kappa shape index (κ2) is 10.9. The van der Waals surface area contributed by atoms with Crippen molar-refractivity contribution in [3.05, 3.63) is 48.5 Å². The molecule has 0 unspecified atom stereocenters. The molecule has 0 saturated heterocycles. The van der Waals surface area contributed by atoms with E-state index in [0.29, 0.717) is 0 Å². The number of nitrogens with zero attached hydrogens (tertiary/aromatic N) is 2. The Morgan fingerprint density at radius 1 is 1.00 bits per heavy atom. The molecule has 0 aliphatic carbocycles. The highest BCUT2D eigenvalue weighted by Crippen LogP contribution is 2.19. The lowest BCUT2D eigenvalue weighted by Gasteiger charge is -2.07. The van der Waals surface area contributed by atoms with Crippen LogP contribution in [0.4, 0.5) is 0 Å². The summed E-state index contributed by atoms with van der Waals surface area (Å²) < 4.78 is 10.1. The lowest BCUT2D eigenvalue weighted by Crippen LogP contribution is -2.30. The number of imidazole rings is 1. The fraction of sp³-hybridized carbons (Fsp3) is 0.571. The third kappa shape index (κ3) is 6.38. The van der Waals surface area contributed by atoms with E-state index < -0.39 is 0 Å². The zero-order valence-corrected chi connectivity index (χ0v) is 15.4. The summed E-state index contributed by atoms with van der Waals surface area (Å²) in [5, 5.41) is 0. The van der Waals surface area contributed by atoms with Crippen LogP contribution in [0.25, 0.3) is 0 Å². The second-order valence-electron chi connectivity index (χ2n) is 6.57. The summed E-state index contributed by atoms with van der Waals surface area (Å²) in [7, 11) is 1.75. The van der Waals surface area contributed by atoms with Gasteiger partial charge in [-0.15, -0.1) is 0 Å². The maximum Gasteiger partial charge on any atom is 0.243 e. The average Bonchev–Trinajstić information content (AvgIpc) is 3.06. The van der Waals surface area contributed by atoms with Gasteiger partial charge in [0.1, 0.15) is 18.1 Å². The predicted octanol–water partition coefficient (Wildman–Crippen LogP) is 4.78. The molecule has 3 nitrogen and oxygen atoms in total. The Bertz CT molecular complexity index is 577. The smallest absolute Gasteiger partial charge is 0.243 e. The SMILES string of the molecule is CCCCCCC[n+]1ccn(CCCCc2ccccc2OC)c1. The number of hydrogen-bond donors (Lipinski definition) is 0. The minimum absolute atomic E-state index is 1.01. The van der Waals surface area contributed by atoms with E-state index in [1.165, 1.54) is 50.5 Å². The molecule has 2 aromatic rings. The van der Waals surface area contributed by atoms with Crippen molar-refractivity contribution in [2.24, 2.45) is 0 Å². The molecule has 1 aromatic carbocycles. The highest BCUT2D eigenvalue weighted by molar-refractivity contribution is 5.33. The van der Waals surface area contributed by atoms with Gasteiger partial charge in [-0.2, -0.15) is 0 Å². The van der Waals surface area contributed by atoms with Crippen molar-refractivity contribution >= 4 is 0 Å². The molecule has 0 aliphatic heterocycles. The number of para-hydroxylation sites is 1. The normalized spacial score (nSPS) is 10.9. The zero-order valence-electron chi connectivity index (χ0n) is 15.4. The summed E-state index contributed by atoms with van der Waals surface area (Å²) in [6.07, 6.45) is 16.9. The Labute approximate surface area is 147 Å². The number of unbranched alkanes of at least 4 members (excludes halogenated alkanes) is 5. The molecule has 0 saturated carbocycles. The van der Waals surface area contributed by atoms with Gasteiger partial charge in [0.15, 0.2) is 0 Å². The van der Waals surface area contributed by atoms with Crippen LogP contribution in [0.15, 0.2) is 43.0 Å². The van der Waals surface area contributed by atoms with Gasteiger partial charge in [0.2, 0.25) is 6.33 Å². The summed E-state index contributed by atoms with van der Waals surface area (Å²) in [5.41, 5.74) is 1.31. The molecule has 0 N–H and O–H groups in total. The molecule has 24 heavy (non-hydrogen) atoms. The Hall–Kier alpha value is -1.77. The van der Waals surface area contributed by atoms with Gasteiger partial charge in [0, 0.05) is 0 Å². The first-order valence-electron chi connectivity index (χ1n) is 9.50. The van der Waals surface area contributed by atoms with Gasteiger partial charge in [0.25, 0.3) is 0 Å². The molecule has 0 radical (unpaired) electrons. The summed E-state index contributed by atoms with van der Waals surface area (Å²) in [6, 6.07) is 8.34. The van der Waals surface area contributed by atoms with Crippen molar-refractivity contribution in [2.75, 3.05) is 7.11 Å². The molecule has 1 aromatic heterocycles. The van der Waals surface area contributed by atoms with Crippen molar-refractivity contribution in [1.29, 1.82) is 0 Å². The van der Waals surface area contributed by atoms with Gasteiger partial charge >= 0.3 is 0 Å². The summed E-state index contributed by atoms with van der Waals surface area (Å²) in [5.74, 6) is 1.01. The lowest BCUT2D eigenvalue weighted by molar-refractivity contribution is -0.696. The molecule has 0 atom stereocenters. The molecule has 0 spiro atoms. The topological polar surface area (TPSA) is 18.0 Å². The van der Waals surface area contributed by atoms with Crippen molar-refractivity contribution in [3.63, 3.8) is 0 Å². The second-order valence-corrected chi connectivity index (χ2v) is 6.57. The van der Waals surface area contributed by atoms with E-state index >= 15 is 0 Å². The van der Waals surface area contributed by atoms with Crippen molar-refractivity contribution in [3.8, 4) is 5.75 Å². The zero-order chi connectivity index (χ0) is 17.0. The highest BCUT2D eigenvalue weighted by Gasteiger charge is 2.05. The number of rotatable bonds is 12. The van der Waals surface area contributed by atoms with Crippen LogP contribution in [-0.4, -0.2) is 11.7 Å². The first-order chi connectivity index (χ1) is 11.8. The van der Waals surface area contributed by atoms with E-state index in [0.717, 1.165) is 25.3 Å².